The quantitative estimate of drug-likeness (QED) is 0.577. The number of nitrogens with two attached hydrogens (primary N) is 1. The van der Waals surface area contributed by atoms with E-state index in [-0.39, 0.29) is 11.9 Å². The molecular weight excluding hydrogens is 414 g/mol. The van der Waals surface area contributed by atoms with Gasteiger partial charge in [-0.25, -0.2) is 0 Å². The number of anilines is 3. The Labute approximate surface area is 194 Å². The van der Waals surface area contributed by atoms with E-state index < -0.39 is 0 Å². The number of hydrogen-bond acceptors (Lipinski definition) is 7. The van der Waals surface area contributed by atoms with E-state index in [1.807, 2.05) is 54.3 Å². The lowest BCUT2D eigenvalue weighted by atomic mass is 10.1. The van der Waals surface area contributed by atoms with Gasteiger partial charge >= 0.3 is 0 Å². The molecule has 1 amide bonds. The fraction of sp³-hybridized carbons (Fsp3) is 0.360. The summed E-state index contributed by atoms with van der Waals surface area (Å²) in [7, 11) is 0. The van der Waals surface area contributed by atoms with Gasteiger partial charge in [0.2, 0.25) is 17.8 Å². The van der Waals surface area contributed by atoms with Crippen molar-refractivity contribution in [1.82, 2.24) is 24.8 Å². The average Bonchev–Trinajstić information content (AvgIpc) is 2.81. The maximum absolute atomic E-state index is 12.7. The Morgan fingerprint density at radius 3 is 2.45 bits per heavy atom. The molecule has 1 aliphatic rings. The Balaban J connectivity index is 1.33. The molecule has 3 aromatic rings. The highest BCUT2D eigenvalue weighted by Crippen LogP contribution is 2.20. The summed E-state index contributed by atoms with van der Waals surface area (Å²) in [6.45, 7) is 7.66. The second-order valence-corrected chi connectivity index (χ2v) is 8.39. The van der Waals surface area contributed by atoms with Crippen LogP contribution in [0.1, 0.15) is 29.4 Å². The third kappa shape index (κ3) is 6.04. The molecule has 0 spiro atoms. The minimum Gasteiger partial charge on any atom is -0.368 e. The van der Waals surface area contributed by atoms with Crippen LogP contribution in [0.5, 0.6) is 0 Å². The lowest BCUT2D eigenvalue weighted by molar-refractivity contribution is -0.132. The molecule has 0 atom stereocenters. The van der Waals surface area contributed by atoms with Crippen LogP contribution in [-0.4, -0.2) is 56.8 Å². The van der Waals surface area contributed by atoms with Crippen molar-refractivity contribution in [3.63, 3.8) is 0 Å². The van der Waals surface area contributed by atoms with Crippen molar-refractivity contribution in [2.75, 3.05) is 37.2 Å². The highest BCUT2D eigenvalue weighted by atomic mass is 16.2. The smallest absolute Gasteiger partial charge is 0.232 e. The molecule has 1 saturated heterocycles. The molecule has 0 unspecified atom stereocenters. The molecule has 8 heteroatoms. The molecule has 4 rings (SSSR count). The van der Waals surface area contributed by atoms with Gasteiger partial charge in [-0.3, -0.25) is 9.69 Å². The molecule has 1 fully saturated rings. The van der Waals surface area contributed by atoms with Gasteiger partial charge in [0.1, 0.15) is 5.82 Å². The number of carbonyl (C=O) groups excluding carboxylic acids is 1. The Kier molecular flexibility index (Phi) is 7.14. The number of rotatable bonds is 7. The standard InChI is InChI=1S/C25H31N7O/c1-3-20-6-4-5-7-21(20)27-25-29-22(28-24(26)30-25)17-31-12-14-32(15-13-31)23(33)16-19-10-8-18(2)9-11-19/h4-11H,3,12-17H2,1-2H3,(H3,26,27,28,29,30). The summed E-state index contributed by atoms with van der Waals surface area (Å²) in [5, 5.41) is 3.28. The van der Waals surface area contributed by atoms with Crippen LogP contribution in [0.2, 0.25) is 0 Å². The van der Waals surface area contributed by atoms with E-state index >= 15 is 0 Å². The van der Waals surface area contributed by atoms with Gasteiger partial charge in [-0.1, -0.05) is 55.0 Å². The van der Waals surface area contributed by atoms with Gasteiger partial charge in [0.15, 0.2) is 0 Å². The number of piperazine rings is 1. The van der Waals surface area contributed by atoms with E-state index in [0.29, 0.717) is 37.8 Å². The first-order valence-electron chi connectivity index (χ1n) is 11.4. The van der Waals surface area contributed by atoms with Gasteiger partial charge in [0, 0.05) is 31.9 Å². The Morgan fingerprint density at radius 1 is 1.00 bits per heavy atom. The van der Waals surface area contributed by atoms with Crippen LogP contribution < -0.4 is 11.1 Å². The van der Waals surface area contributed by atoms with Crippen LogP contribution in [0.25, 0.3) is 0 Å². The number of aryl methyl sites for hydroxylation is 2. The van der Waals surface area contributed by atoms with Gasteiger partial charge in [-0.2, -0.15) is 15.0 Å². The number of para-hydroxylation sites is 1. The molecule has 1 aliphatic heterocycles. The molecular formula is C25H31N7O. The van der Waals surface area contributed by atoms with Crippen molar-refractivity contribution in [2.45, 2.75) is 33.2 Å². The zero-order chi connectivity index (χ0) is 23.2. The molecule has 2 heterocycles. The highest BCUT2D eigenvalue weighted by molar-refractivity contribution is 5.78. The summed E-state index contributed by atoms with van der Waals surface area (Å²) in [4.78, 5) is 30.0. The third-order valence-electron chi connectivity index (χ3n) is 5.91. The fourth-order valence-corrected chi connectivity index (χ4v) is 3.98. The second-order valence-electron chi connectivity index (χ2n) is 8.39. The summed E-state index contributed by atoms with van der Waals surface area (Å²) in [5.41, 5.74) is 10.4. The summed E-state index contributed by atoms with van der Waals surface area (Å²) in [5.74, 6) is 1.44. The number of amides is 1. The van der Waals surface area contributed by atoms with E-state index in [0.717, 1.165) is 30.8 Å². The summed E-state index contributed by atoms with van der Waals surface area (Å²) in [6.07, 6.45) is 1.35. The first-order chi connectivity index (χ1) is 16.0. The predicted molar refractivity (Wildman–Crippen MR) is 130 cm³/mol. The van der Waals surface area contributed by atoms with Gasteiger partial charge < -0.3 is 16.0 Å². The third-order valence-corrected chi connectivity index (χ3v) is 5.91. The van der Waals surface area contributed by atoms with E-state index in [1.54, 1.807) is 0 Å². The monoisotopic (exact) mass is 445 g/mol. The van der Waals surface area contributed by atoms with Crippen molar-refractivity contribution in [3.8, 4) is 0 Å². The fourth-order valence-electron chi connectivity index (χ4n) is 3.98. The van der Waals surface area contributed by atoms with Crippen LogP contribution in [0.15, 0.2) is 48.5 Å². The number of carbonyl (C=O) groups is 1. The number of nitrogens with zero attached hydrogens (tertiary/aromatic N) is 5. The topological polar surface area (TPSA) is 100 Å². The molecule has 33 heavy (non-hydrogen) atoms. The van der Waals surface area contributed by atoms with E-state index in [1.165, 1.54) is 11.1 Å². The van der Waals surface area contributed by atoms with Crippen LogP contribution in [0, 0.1) is 6.92 Å². The van der Waals surface area contributed by atoms with Crippen LogP contribution in [0.4, 0.5) is 17.6 Å². The van der Waals surface area contributed by atoms with Crippen molar-refractivity contribution in [2.24, 2.45) is 0 Å². The number of nitrogens with one attached hydrogen (secondary N) is 1. The normalized spacial score (nSPS) is 14.3. The number of nitrogen functional groups attached to an aromatic ring is 1. The Bertz CT molecular complexity index is 1090. The van der Waals surface area contributed by atoms with E-state index in [2.05, 4.69) is 38.2 Å². The Morgan fingerprint density at radius 2 is 1.73 bits per heavy atom. The zero-order valence-electron chi connectivity index (χ0n) is 19.3. The maximum Gasteiger partial charge on any atom is 0.232 e. The average molecular weight is 446 g/mol. The first kappa shape index (κ1) is 22.7. The molecule has 1 aromatic heterocycles. The van der Waals surface area contributed by atoms with Gasteiger partial charge in [0.25, 0.3) is 0 Å². The lowest BCUT2D eigenvalue weighted by Crippen LogP contribution is -2.48. The minimum atomic E-state index is 0.170. The van der Waals surface area contributed by atoms with Crippen LogP contribution in [-0.2, 0) is 24.2 Å². The molecule has 2 aromatic carbocycles. The second kappa shape index (κ2) is 10.4. The van der Waals surface area contributed by atoms with Crippen LogP contribution in [0.3, 0.4) is 0 Å². The number of aromatic nitrogens is 3. The molecule has 0 saturated carbocycles. The van der Waals surface area contributed by atoms with E-state index in [9.17, 15) is 4.79 Å². The molecule has 8 nitrogen and oxygen atoms in total. The summed E-state index contributed by atoms with van der Waals surface area (Å²) < 4.78 is 0. The Hall–Kier alpha value is -3.52. The first-order valence-corrected chi connectivity index (χ1v) is 11.4. The lowest BCUT2D eigenvalue weighted by Gasteiger charge is -2.34. The molecule has 0 aliphatic carbocycles. The maximum atomic E-state index is 12.7. The van der Waals surface area contributed by atoms with E-state index in [4.69, 9.17) is 5.73 Å². The van der Waals surface area contributed by atoms with Gasteiger partial charge in [-0.15, -0.1) is 0 Å². The summed E-state index contributed by atoms with van der Waals surface area (Å²) in [6, 6.07) is 16.2. The molecule has 172 valence electrons. The minimum absolute atomic E-state index is 0.170. The van der Waals surface area contributed by atoms with Gasteiger partial charge in [-0.05, 0) is 30.5 Å². The predicted octanol–water partition coefficient (Wildman–Crippen LogP) is 2.96. The molecule has 0 bridgehead atoms. The van der Waals surface area contributed by atoms with Crippen molar-refractivity contribution >= 4 is 23.5 Å². The van der Waals surface area contributed by atoms with Crippen molar-refractivity contribution < 1.29 is 4.79 Å². The zero-order valence-corrected chi connectivity index (χ0v) is 19.3. The number of benzene rings is 2. The number of hydrogen-bond donors (Lipinski definition) is 2. The van der Waals surface area contributed by atoms with Gasteiger partial charge in [0.05, 0.1) is 13.0 Å². The van der Waals surface area contributed by atoms with Crippen LogP contribution >= 0.6 is 0 Å². The molecule has 0 radical (unpaired) electrons. The SMILES string of the molecule is CCc1ccccc1Nc1nc(N)nc(CN2CCN(C(=O)Cc3ccc(C)cc3)CC2)n1. The van der Waals surface area contributed by atoms with Crippen molar-refractivity contribution in [3.05, 3.63) is 71.0 Å². The summed E-state index contributed by atoms with van der Waals surface area (Å²) >= 11 is 0. The highest BCUT2D eigenvalue weighted by Gasteiger charge is 2.22. The molecule has 3 N–H and O–H groups in total. The largest absolute Gasteiger partial charge is 0.368 e. The van der Waals surface area contributed by atoms with Crippen molar-refractivity contribution in [1.29, 1.82) is 0 Å².